The highest BCUT2D eigenvalue weighted by Gasteiger charge is 2.62. The lowest BCUT2D eigenvalue weighted by atomic mass is 9.80. The number of nitrogens with zero attached hydrogens (tertiary/aromatic N) is 2. The van der Waals surface area contributed by atoms with Crippen LogP contribution in [0.15, 0.2) is 10.7 Å². The quantitative estimate of drug-likeness (QED) is 0.806. The van der Waals surface area contributed by atoms with Gasteiger partial charge in [0.05, 0.1) is 23.8 Å². The number of hydrogen-bond donors (Lipinski definition) is 1. The summed E-state index contributed by atoms with van der Waals surface area (Å²) in [5, 5.41) is 6.57. The Morgan fingerprint density at radius 1 is 1.62 bits per heavy atom. The van der Waals surface area contributed by atoms with Gasteiger partial charge in [0.25, 0.3) is 0 Å². The van der Waals surface area contributed by atoms with Gasteiger partial charge in [0.15, 0.2) is 5.78 Å². The van der Waals surface area contributed by atoms with Gasteiger partial charge in [-0.3, -0.25) is 9.48 Å². The smallest absolute Gasteiger partial charge is 0.383 e. The van der Waals surface area contributed by atoms with Gasteiger partial charge in [0, 0.05) is 13.7 Å². The molecule has 1 atom stereocenters. The number of Topliss-reactive ketones (excluding diaryl/α,β-unsaturated/α-hetero) is 1. The summed E-state index contributed by atoms with van der Waals surface area (Å²) in [6.45, 7) is 0.225. The average molecular weight is 370 g/mol. The van der Waals surface area contributed by atoms with E-state index in [0.717, 1.165) is 0 Å². The zero-order valence-electron chi connectivity index (χ0n) is 11.3. The van der Waals surface area contributed by atoms with Crippen LogP contribution in [-0.2, 0) is 11.3 Å². The van der Waals surface area contributed by atoms with E-state index in [1.807, 2.05) is 0 Å². The number of carbonyl (C=O) groups excluding carboxylic acids is 1. The van der Waals surface area contributed by atoms with E-state index in [2.05, 4.69) is 26.3 Å². The van der Waals surface area contributed by atoms with Crippen LogP contribution in [0.1, 0.15) is 16.9 Å². The molecule has 0 amide bonds. The van der Waals surface area contributed by atoms with Crippen LogP contribution in [-0.4, -0.2) is 48.5 Å². The van der Waals surface area contributed by atoms with Crippen LogP contribution in [0, 0.1) is 5.41 Å². The fourth-order valence-corrected chi connectivity index (χ4v) is 2.89. The summed E-state index contributed by atoms with van der Waals surface area (Å²) in [6, 6.07) is 0. The molecule has 1 aromatic heterocycles. The molecule has 0 bridgehead atoms. The maximum Gasteiger partial charge on any atom is 0.403 e. The number of nitrogens with one attached hydrogen (secondary N) is 1. The second-order valence-corrected chi connectivity index (χ2v) is 5.75. The zero-order chi connectivity index (χ0) is 15.7. The molecule has 0 aromatic carbocycles. The summed E-state index contributed by atoms with van der Waals surface area (Å²) in [5.41, 5.74) is -2.45. The Labute approximate surface area is 128 Å². The maximum absolute atomic E-state index is 13.4. The van der Waals surface area contributed by atoms with E-state index in [1.165, 1.54) is 18.0 Å². The zero-order valence-corrected chi connectivity index (χ0v) is 12.9. The van der Waals surface area contributed by atoms with Crippen LogP contribution in [0.4, 0.5) is 13.2 Å². The van der Waals surface area contributed by atoms with E-state index in [1.54, 1.807) is 0 Å². The van der Waals surface area contributed by atoms with Gasteiger partial charge in [-0.25, -0.2) is 0 Å². The number of ketones is 1. The second-order valence-electron chi connectivity index (χ2n) is 4.89. The summed E-state index contributed by atoms with van der Waals surface area (Å²) in [4.78, 5) is 12.6. The largest absolute Gasteiger partial charge is 0.403 e. The van der Waals surface area contributed by atoms with Crippen molar-refractivity contribution in [3.8, 4) is 0 Å². The lowest BCUT2D eigenvalue weighted by Crippen LogP contribution is -2.47. The first-order chi connectivity index (χ1) is 9.83. The third-order valence-electron chi connectivity index (χ3n) is 3.65. The van der Waals surface area contributed by atoms with Crippen molar-refractivity contribution in [3.63, 3.8) is 0 Å². The number of methoxy groups -OCH3 is 1. The van der Waals surface area contributed by atoms with Crippen molar-refractivity contribution in [1.82, 2.24) is 15.1 Å². The van der Waals surface area contributed by atoms with E-state index in [-0.39, 0.29) is 36.3 Å². The molecule has 0 radical (unpaired) electrons. The summed E-state index contributed by atoms with van der Waals surface area (Å²) in [6.07, 6.45) is -3.55. The third kappa shape index (κ3) is 2.86. The van der Waals surface area contributed by atoms with Crippen LogP contribution in [0.2, 0.25) is 0 Å². The maximum atomic E-state index is 13.4. The van der Waals surface area contributed by atoms with E-state index in [9.17, 15) is 18.0 Å². The molecule has 5 nitrogen and oxygen atoms in total. The molecule has 2 heterocycles. The SMILES string of the molecule is COCCn1ncc(Br)c1C(=O)C1(C(F)(F)F)CCNC1. The lowest BCUT2D eigenvalue weighted by Gasteiger charge is -2.29. The Kier molecular flexibility index (Phi) is 4.74. The lowest BCUT2D eigenvalue weighted by molar-refractivity contribution is -0.197. The minimum Gasteiger partial charge on any atom is -0.383 e. The van der Waals surface area contributed by atoms with Crippen LogP contribution in [0.5, 0.6) is 0 Å². The Morgan fingerprint density at radius 3 is 2.86 bits per heavy atom. The molecule has 0 saturated carbocycles. The van der Waals surface area contributed by atoms with Gasteiger partial charge in [-0.2, -0.15) is 18.3 Å². The first-order valence-corrected chi connectivity index (χ1v) is 7.15. The summed E-state index contributed by atoms with van der Waals surface area (Å²) in [7, 11) is 1.47. The van der Waals surface area contributed by atoms with Gasteiger partial charge in [-0.05, 0) is 28.9 Å². The Morgan fingerprint density at radius 2 is 2.33 bits per heavy atom. The predicted molar refractivity (Wildman–Crippen MR) is 72.1 cm³/mol. The van der Waals surface area contributed by atoms with Gasteiger partial charge in [0.2, 0.25) is 0 Å². The molecule has 1 saturated heterocycles. The minimum absolute atomic E-state index is 0.0620. The molecule has 1 unspecified atom stereocenters. The second kappa shape index (κ2) is 6.05. The standard InChI is InChI=1S/C12H15BrF3N3O2/c1-21-5-4-19-9(8(13)6-18-19)10(20)11(12(14,15)16)2-3-17-7-11/h6,17H,2-5,7H2,1H3. The number of carbonyl (C=O) groups is 1. The molecule has 1 aliphatic heterocycles. The van der Waals surface area contributed by atoms with E-state index in [0.29, 0.717) is 0 Å². The first kappa shape index (κ1) is 16.4. The highest BCUT2D eigenvalue weighted by atomic mass is 79.9. The number of ether oxygens (including phenoxy) is 1. The van der Waals surface area contributed by atoms with Crippen molar-refractivity contribution in [2.75, 3.05) is 26.8 Å². The van der Waals surface area contributed by atoms with E-state index < -0.39 is 23.9 Å². The molecule has 1 aliphatic rings. The molecule has 1 aromatic rings. The number of halogens is 4. The molecule has 1 N–H and O–H groups in total. The van der Waals surface area contributed by atoms with Gasteiger partial charge in [-0.15, -0.1) is 0 Å². The fraction of sp³-hybridized carbons (Fsp3) is 0.667. The summed E-state index contributed by atoms with van der Waals surface area (Å²) >= 11 is 3.11. The Hall–Kier alpha value is -0.930. The molecule has 0 spiro atoms. The van der Waals surface area contributed by atoms with Gasteiger partial charge in [0.1, 0.15) is 11.1 Å². The molecule has 9 heteroatoms. The van der Waals surface area contributed by atoms with Crippen LogP contribution in [0.25, 0.3) is 0 Å². The number of aromatic nitrogens is 2. The van der Waals surface area contributed by atoms with Gasteiger partial charge >= 0.3 is 6.18 Å². The highest BCUT2D eigenvalue weighted by molar-refractivity contribution is 9.10. The predicted octanol–water partition coefficient (Wildman–Crippen LogP) is 2.02. The number of hydrogen-bond acceptors (Lipinski definition) is 4. The monoisotopic (exact) mass is 369 g/mol. The summed E-state index contributed by atoms with van der Waals surface area (Å²) in [5.74, 6) is -0.958. The van der Waals surface area contributed by atoms with Crippen molar-refractivity contribution in [1.29, 1.82) is 0 Å². The summed E-state index contributed by atoms with van der Waals surface area (Å²) < 4.78 is 46.7. The number of alkyl halides is 3. The molecular formula is C12H15BrF3N3O2. The molecule has 2 rings (SSSR count). The molecule has 1 fully saturated rings. The van der Waals surface area contributed by atoms with Crippen molar-refractivity contribution in [2.45, 2.75) is 19.1 Å². The van der Waals surface area contributed by atoms with E-state index in [4.69, 9.17) is 4.74 Å². The molecule has 21 heavy (non-hydrogen) atoms. The van der Waals surface area contributed by atoms with Gasteiger partial charge < -0.3 is 10.1 Å². The van der Waals surface area contributed by atoms with Crippen molar-refractivity contribution >= 4 is 21.7 Å². The minimum atomic E-state index is -4.61. The number of rotatable bonds is 5. The van der Waals surface area contributed by atoms with E-state index >= 15 is 0 Å². The topological polar surface area (TPSA) is 56.2 Å². The third-order valence-corrected chi connectivity index (χ3v) is 4.23. The van der Waals surface area contributed by atoms with Crippen molar-refractivity contribution in [2.24, 2.45) is 5.41 Å². The molecule has 0 aliphatic carbocycles. The fourth-order valence-electron chi connectivity index (χ4n) is 2.42. The average Bonchev–Trinajstić information content (AvgIpc) is 3.02. The van der Waals surface area contributed by atoms with Crippen LogP contribution in [0.3, 0.4) is 0 Å². The van der Waals surface area contributed by atoms with Crippen LogP contribution >= 0.6 is 15.9 Å². The Balaban J connectivity index is 2.41. The highest BCUT2D eigenvalue weighted by Crippen LogP contribution is 2.46. The van der Waals surface area contributed by atoms with Crippen molar-refractivity contribution in [3.05, 3.63) is 16.4 Å². The molecule has 118 valence electrons. The van der Waals surface area contributed by atoms with Crippen LogP contribution < -0.4 is 5.32 Å². The van der Waals surface area contributed by atoms with Crippen molar-refractivity contribution < 1.29 is 22.7 Å². The van der Waals surface area contributed by atoms with Gasteiger partial charge in [-0.1, -0.05) is 0 Å². The Bertz CT molecular complexity index is 524. The molecular weight excluding hydrogens is 355 g/mol. The normalized spacial score (nSPS) is 22.7. The first-order valence-electron chi connectivity index (χ1n) is 6.36.